The summed E-state index contributed by atoms with van der Waals surface area (Å²) in [5, 5.41) is 31.8. The molecule has 17 heteroatoms. The van der Waals surface area contributed by atoms with Crippen molar-refractivity contribution >= 4 is 71.1 Å². The van der Waals surface area contributed by atoms with Crippen molar-refractivity contribution in [2.45, 2.75) is 22.5 Å². The number of nitrogens with zero attached hydrogens (tertiary/aromatic N) is 4. The molecule has 0 saturated carbocycles. The average Bonchev–Trinajstić information content (AvgIpc) is 3.20. The van der Waals surface area contributed by atoms with Gasteiger partial charge in [0.2, 0.25) is 0 Å². The molecule has 0 atom stereocenters. The highest BCUT2D eigenvalue weighted by atomic mass is 32.2. The first-order valence-electron chi connectivity index (χ1n) is 17.5. The van der Waals surface area contributed by atoms with E-state index in [0.29, 0.717) is 45.6 Å². The van der Waals surface area contributed by atoms with Gasteiger partial charge in [0, 0.05) is 22.8 Å². The molecule has 15 nitrogen and oxygen atoms in total. The number of benzene rings is 6. The number of azo groups is 2. The minimum atomic E-state index is -4.86. The van der Waals surface area contributed by atoms with Gasteiger partial charge in [-0.3, -0.25) is 4.55 Å². The van der Waals surface area contributed by atoms with Gasteiger partial charge in [-0.05, 0) is 102 Å². The molecular weight excluding hydrogens is 787 g/mol. The molecule has 58 heavy (non-hydrogen) atoms. The summed E-state index contributed by atoms with van der Waals surface area (Å²) >= 11 is 0. The third-order valence-corrected chi connectivity index (χ3v) is 11.1. The lowest BCUT2D eigenvalue weighted by atomic mass is 10.1. The van der Waals surface area contributed by atoms with E-state index in [1.165, 1.54) is 43.5 Å². The van der Waals surface area contributed by atoms with Gasteiger partial charge in [0.25, 0.3) is 10.1 Å². The molecule has 0 radical (unpaired) electrons. The zero-order valence-electron chi connectivity index (χ0n) is 31.1. The summed E-state index contributed by atoms with van der Waals surface area (Å²) < 4.78 is 77.4. The highest BCUT2D eigenvalue weighted by Crippen LogP contribution is 2.43. The molecule has 3 N–H and O–H groups in total. The topological polar surface area (TPSA) is 215 Å². The maximum Gasteiger partial charge on any atom is 0.296 e. The van der Waals surface area contributed by atoms with Gasteiger partial charge in [0.15, 0.2) is 15.6 Å². The van der Waals surface area contributed by atoms with Crippen LogP contribution in [0.15, 0.2) is 146 Å². The molecule has 0 amide bonds. The number of aldehydes is 1. The fourth-order valence-corrected chi connectivity index (χ4v) is 7.70. The summed E-state index contributed by atoms with van der Waals surface area (Å²) in [5.41, 5.74) is 3.04. The van der Waals surface area contributed by atoms with Crippen LogP contribution in [0.5, 0.6) is 17.2 Å². The predicted octanol–water partition coefficient (Wildman–Crippen LogP) is 9.25. The second-order valence-corrected chi connectivity index (χ2v) is 16.1. The number of nitrogens with one attached hydrogen (secondary N) is 1. The van der Waals surface area contributed by atoms with Crippen molar-refractivity contribution in [3.8, 4) is 17.2 Å². The van der Waals surface area contributed by atoms with Gasteiger partial charge in [0.05, 0.1) is 35.7 Å². The molecule has 0 bridgehead atoms. The van der Waals surface area contributed by atoms with E-state index >= 15 is 0 Å². The molecule has 0 fully saturated rings. The van der Waals surface area contributed by atoms with Crippen molar-refractivity contribution in [3.05, 3.63) is 126 Å². The van der Waals surface area contributed by atoms with Crippen molar-refractivity contribution in [2.24, 2.45) is 20.5 Å². The summed E-state index contributed by atoms with van der Waals surface area (Å²) in [6.45, 7) is 2.22. The number of rotatable bonds is 17. The first kappa shape index (κ1) is 41.1. The average molecular weight is 824 g/mol. The number of sulfone groups is 1. The van der Waals surface area contributed by atoms with Crippen molar-refractivity contribution in [3.63, 3.8) is 0 Å². The van der Waals surface area contributed by atoms with Gasteiger partial charge in [-0.25, -0.2) is 8.42 Å². The van der Waals surface area contributed by atoms with E-state index in [1.54, 1.807) is 55.5 Å². The zero-order chi connectivity index (χ0) is 41.3. The van der Waals surface area contributed by atoms with Crippen LogP contribution < -0.4 is 14.8 Å². The number of phenolic OH excluding ortho intramolecular Hbond substituents is 1. The summed E-state index contributed by atoms with van der Waals surface area (Å²) in [5.74, 6) is -0.00116. The second-order valence-electron chi connectivity index (χ2n) is 12.7. The Bertz CT molecular complexity index is 2710. The number of anilines is 2. The van der Waals surface area contributed by atoms with Gasteiger partial charge < -0.3 is 29.4 Å². The number of carbonyl (C=O) groups is 1. The quantitative estimate of drug-likeness (QED) is 0.0341. The van der Waals surface area contributed by atoms with Crippen molar-refractivity contribution < 1.29 is 45.5 Å². The molecule has 0 aliphatic heterocycles. The summed E-state index contributed by atoms with van der Waals surface area (Å²) in [6.07, 6.45) is 0.654. The van der Waals surface area contributed by atoms with Crippen molar-refractivity contribution in [1.82, 2.24) is 0 Å². The van der Waals surface area contributed by atoms with E-state index < -0.39 is 36.3 Å². The third-order valence-electron chi connectivity index (χ3n) is 8.58. The summed E-state index contributed by atoms with van der Waals surface area (Å²) in [7, 11) is -7.16. The number of fused-ring (bicyclic) bond motifs is 1. The monoisotopic (exact) mass is 823 g/mol. The number of carbonyl (C=O) groups excluding carboxylic acids is 1. The number of methoxy groups -OCH3 is 1. The summed E-state index contributed by atoms with van der Waals surface area (Å²) in [6, 6.07) is 31.1. The molecule has 0 aliphatic rings. The van der Waals surface area contributed by atoms with Crippen LogP contribution in [0.25, 0.3) is 10.8 Å². The van der Waals surface area contributed by atoms with Gasteiger partial charge >= 0.3 is 0 Å². The number of hydrogen-bond acceptors (Lipinski definition) is 14. The molecule has 6 aromatic rings. The Hall–Kier alpha value is -6.53. The van der Waals surface area contributed by atoms with Crippen LogP contribution >= 0.6 is 0 Å². The lowest BCUT2D eigenvalue weighted by Gasteiger charge is -2.12. The maximum absolute atomic E-state index is 13.1. The minimum absolute atomic E-state index is 0.00639. The SMILES string of the molecule is COc1cc(N=Nc2ccc(S(=O)(=O)Cc3ccc(OCCOCC=O)cc3)cc2)c(C)cc1N=Nc1c(S(=O)(=O)O)cc2cc(Nc3ccccc3)ccc2c1O. The highest BCUT2D eigenvalue weighted by molar-refractivity contribution is 7.90. The van der Waals surface area contributed by atoms with E-state index in [4.69, 9.17) is 14.2 Å². The van der Waals surface area contributed by atoms with E-state index in [0.717, 1.165) is 5.69 Å². The van der Waals surface area contributed by atoms with Gasteiger partial charge in [-0.15, -0.1) is 10.2 Å². The minimum Gasteiger partial charge on any atom is -0.505 e. The predicted molar refractivity (Wildman–Crippen MR) is 217 cm³/mol. The van der Waals surface area contributed by atoms with Crippen LogP contribution in [0.2, 0.25) is 0 Å². The van der Waals surface area contributed by atoms with E-state index in [2.05, 4.69) is 25.8 Å². The molecule has 0 saturated heterocycles. The molecule has 0 aliphatic carbocycles. The molecule has 298 valence electrons. The highest BCUT2D eigenvalue weighted by Gasteiger charge is 2.23. The Morgan fingerprint density at radius 1 is 0.759 bits per heavy atom. The fraction of sp³-hybridized carbons (Fsp3) is 0.146. The normalized spacial score (nSPS) is 12.0. The Labute approximate surface area is 334 Å². The standard InChI is InChI=1S/C41H37N5O10S2/c1-27-22-37(45-46-40-39(58(51,52)53)24-29-23-32(12-17-35(29)41(40)48)42-30-6-4-3-5-7-30)38(54-2)25-36(27)44-43-31-10-15-34(16-11-31)57(49,50)26-28-8-13-33(14-9-28)56-21-20-55-19-18-47/h3-18,22-25,42,48H,19-21,26H2,1-2H3,(H,51,52,53). The lowest BCUT2D eigenvalue weighted by molar-refractivity contribution is -0.112. The zero-order valence-corrected chi connectivity index (χ0v) is 32.8. The molecule has 0 unspecified atom stereocenters. The number of hydrogen-bond donors (Lipinski definition) is 3. The number of ether oxygens (including phenoxy) is 3. The molecule has 0 heterocycles. The van der Waals surface area contributed by atoms with Crippen LogP contribution in [-0.4, -0.2) is 59.7 Å². The number of para-hydroxylation sites is 1. The van der Waals surface area contributed by atoms with E-state index in [-0.39, 0.29) is 47.3 Å². The van der Waals surface area contributed by atoms with Gasteiger partial charge in [0.1, 0.15) is 47.3 Å². The van der Waals surface area contributed by atoms with Crippen LogP contribution in [0.4, 0.5) is 34.1 Å². The Morgan fingerprint density at radius 2 is 1.48 bits per heavy atom. The largest absolute Gasteiger partial charge is 0.505 e. The lowest BCUT2D eigenvalue weighted by Crippen LogP contribution is -2.08. The Balaban J connectivity index is 1.17. The van der Waals surface area contributed by atoms with Crippen molar-refractivity contribution in [1.29, 1.82) is 0 Å². The number of phenols is 1. The molecule has 0 aromatic heterocycles. The Morgan fingerprint density at radius 3 is 2.17 bits per heavy atom. The molecule has 6 aromatic carbocycles. The first-order valence-corrected chi connectivity index (χ1v) is 20.6. The van der Waals surface area contributed by atoms with E-state index in [1.807, 2.05) is 30.3 Å². The van der Waals surface area contributed by atoms with Crippen LogP contribution in [0.1, 0.15) is 11.1 Å². The van der Waals surface area contributed by atoms with E-state index in [9.17, 15) is 31.3 Å². The first-order chi connectivity index (χ1) is 27.8. The smallest absolute Gasteiger partial charge is 0.296 e. The van der Waals surface area contributed by atoms with Gasteiger partial charge in [-0.1, -0.05) is 30.3 Å². The summed E-state index contributed by atoms with van der Waals surface area (Å²) in [4.78, 5) is 9.77. The fourth-order valence-electron chi connectivity index (χ4n) is 5.69. The second kappa shape index (κ2) is 18.2. The van der Waals surface area contributed by atoms with Crippen LogP contribution in [0.3, 0.4) is 0 Å². The molecular formula is C41H37N5O10S2. The molecule has 6 rings (SSSR count). The van der Waals surface area contributed by atoms with Crippen LogP contribution in [-0.2, 0) is 35.2 Å². The third kappa shape index (κ3) is 10.3. The van der Waals surface area contributed by atoms with Crippen LogP contribution in [0, 0.1) is 6.92 Å². The Kier molecular flexibility index (Phi) is 12.9. The van der Waals surface area contributed by atoms with Gasteiger partial charge in [-0.2, -0.15) is 18.6 Å². The van der Waals surface area contributed by atoms with Crippen molar-refractivity contribution in [2.75, 3.05) is 32.2 Å². The maximum atomic E-state index is 13.1. The molecule has 0 spiro atoms. The number of aryl methyl sites for hydroxylation is 1. The number of aromatic hydroxyl groups is 1.